The van der Waals surface area contributed by atoms with E-state index >= 15 is 0 Å². The molecule has 0 radical (unpaired) electrons. The molecule has 0 aromatic heterocycles. The number of aromatic hydroxyl groups is 1. The highest BCUT2D eigenvalue weighted by molar-refractivity contribution is 7.80. The van der Waals surface area contributed by atoms with Crippen molar-refractivity contribution < 1.29 is 10.2 Å². The monoisotopic (exact) mass is 330 g/mol. The summed E-state index contributed by atoms with van der Waals surface area (Å²) in [7, 11) is 0. The van der Waals surface area contributed by atoms with E-state index in [1.807, 2.05) is 42.2 Å². The van der Waals surface area contributed by atoms with Gasteiger partial charge in [-0.25, -0.2) is 0 Å². The van der Waals surface area contributed by atoms with Crippen molar-refractivity contribution in [3.8, 4) is 5.75 Å². The Balaban J connectivity index is 1.92. The van der Waals surface area contributed by atoms with Gasteiger partial charge in [0, 0.05) is 13.1 Å². The van der Waals surface area contributed by atoms with E-state index < -0.39 is 6.10 Å². The Bertz CT molecular complexity index is 634. The van der Waals surface area contributed by atoms with Crippen LogP contribution in [0.1, 0.15) is 24.2 Å². The Morgan fingerprint density at radius 3 is 2.57 bits per heavy atom. The number of phenolic OH excluding ortho intramolecular Hbond substituents is 1. The number of rotatable bonds is 6. The van der Waals surface area contributed by atoms with Gasteiger partial charge in [0.05, 0.1) is 12.6 Å². The maximum atomic E-state index is 10.3. The fourth-order valence-corrected chi connectivity index (χ4v) is 2.56. The van der Waals surface area contributed by atoms with Gasteiger partial charge in [0.25, 0.3) is 0 Å². The Morgan fingerprint density at radius 2 is 1.91 bits per heavy atom. The van der Waals surface area contributed by atoms with Gasteiger partial charge in [0.1, 0.15) is 5.75 Å². The molecule has 122 valence electrons. The molecular formula is C18H22N2O2S. The summed E-state index contributed by atoms with van der Waals surface area (Å²) >= 11 is 5.42. The second-order valence-electron chi connectivity index (χ2n) is 5.29. The highest BCUT2D eigenvalue weighted by atomic mass is 32.1. The molecule has 0 amide bonds. The molecule has 0 aliphatic heterocycles. The molecule has 0 bridgehead atoms. The lowest BCUT2D eigenvalue weighted by Crippen LogP contribution is -2.41. The van der Waals surface area contributed by atoms with Gasteiger partial charge in [-0.05, 0) is 42.4 Å². The molecule has 5 heteroatoms. The van der Waals surface area contributed by atoms with E-state index in [4.69, 9.17) is 12.2 Å². The average Bonchev–Trinajstić information content (AvgIpc) is 2.58. The van der Waals surface area contributed by atoms with E-state index in [1.54, 1.807) is 24.3 Å². The number of hydrogen-bond acceptors (Lipinski definition) is 3. The molecular weight excluding hydrogens is 308 g/mol. The van der Waals surface area contributed by atoms with Gasteiger partial charge in [0.2, 0.25) is 0 Å². The molecule has 0 spiro atoms. The molecule has 0 aliphatic rings. The second-order valence-corrected chi connectivity index (χ2v) is 5.68. The Morgan fingerprint density at radius 1 is 1.17 bits per heavy atom. The molecule has 0 saturated heterocycles. The number of nitrogens with one attached hydrogen (secondary N) is 1. The first-order valence-corrected chi connectivity index (χ1v) is 8.04. The first-order valence-electron chi connectivity index (χ1n) is 7.64. The number of likely N-dealkylation sites (N-methyl/N-ethyl adjacent to an activating group) is 1. The molecule has 0 aliphatic carbocycles. The first kappa shape index (κ1) is 17.2. The summed E-state index contributed by atoms with van der Waals surface area (Å²) in [6.07, 6.45) is -0.710. The summed E-state index contributed by atoms with van der Waals surface area (Å²) < 4.78 is 0. The molecule has 3 N–H and O–H groups in total. The van der Waals surface area contributed by atoms with Gasteiger partial charge in [-0.3, -0.25) is 0 Å². The van der Waals surface area contributed by atoms with E-state index in [-0.39, 0.29) is 5.75 Å². The molecule has 0 saturated carbocycles. The van der Waals surface area contributed by atoms with E-state index in [1.165, 1.54) is 0 Å². The summed E-state index contributed by atoms with van der Waals surface area (Å²) in [6, 6.07) is 16.7. The predicted molar refractivity (Wildman–Crippen MR) is 96.2 cm³/mol. The van der Waals surface area contributed by atoms with Crippen molar-refractivity contribution in [1.82, 2.24) is 10.2 Å². The molecule has 4 nitrogen and oxygen atoms in total. The summed E-state index contributed by atoms with van der Waals surface area (Å²) in [4.78, 5) is 1.91. The van der Waals surface area contributed by atoms with Gasteiger partial charge in [-0.15, -0.1) is 0 Å². The van der Waals surface area contributed by atoms with Gasteiger partial charge in [0.15, 0.2) is 5.11 Å². The van der Waals surface area contributed by atoms with Crippen LogP contribution in [0.2, 0.25) is 0 Å². The summed E-state index contributed by atoms with van der Waals surface area (Å²) in [5, 5.41) is 23.7. The molecule has 2 aromatic carbocycles. The lowest BCUT2D eigenvalue weighted by atomic mass is 10.1. The smallest absolute Gasteiger partial charge is 0.169 e. The average molecular weight is 330 g/mol. The fraction of sp³-hybridized carbons (Fsp3) is 0.278. The van der Waals surface area contributed by atoms with E-state index in [9.17, 15) is 10.2 Å². The van der Waals surface area contributed by atoms with Gasteiger partial charge in [-0.2, -0.15) is 0 Å². The van der Waals surface area contributed by atoms with Crippen LogP contribution in [0.3, 0.4) is 0 Å². The maximum Gasteiger partial charge on any atom is 0.169 e. The number of aliphatic hydroxyl groups is 1. The fourth-order valence-electron chi connectivity index (χ4n) is 2.29. The molecule has 2 aromatic rings. The molecule has 0 heterocycles. The van der Waals surface area contributed by atoms with Gasteiger partial charge >= 0.3 is 0 Å². The van der Waals surface area contributed by atoms with Crippen molar-refractivity contribution in [2.45, 2.75) is 19.6 Å². The van der Waals surface area contributed by atoms with Crippen molar-refractivity contribution in [3.63, 3.8) is 0 Å². The molecule has 0 fully saturated rings. The zero-order valence-corrected chi connectivity index (χ0v) is 14.0. The van der Waals surface area contributed by atoms with E-state index in [2.05, 4.69) is 5.32 Å². The largest absolute Gasteiger partial charge is 0.508 e. The quantitative estimate of drug-likeness (QED) is 0.711. The maximum absolute atomic E-state index is 10.3. The predicted octanol–water partition coefficient (Wildman–Crippen LogP) is 2.82. The third kappa shape index (κ3) is 5.23. The summed E-state index contributed by atoms with van der Waals surface area (Å²) in [5.41, 5.74) is 1.83. The number of thiocarbonyl (C=S) groups is 1. The van der Waals surface area contributed by atoms with Crippen LogP contribution in [0.5, 0.6) is 5.75 Å². The number of phenols is 1. The normalized spacial score (nSPS) is 11.7. The minimum Gasteiger partial charge on any atom is -0.508 e. The minimum atomic E-state index is -0.710. The van der Waals surface area contributed by atoms with Gasteiger partial charge < -0.3 is 20.4 Å². The number of nitrogens with zero attached hydrogens (tertiary/aromatic N) is 1. The zero-order valence-electron chi connectivity index (χ0n) is 13.1. The van der Waals surface area contributed by atoms with Crippen LogP contribution in [-0.2, 0) is 6.54 Å². The van der Waals surface area contributed by atoms with Crippen molar-refractivity contribution in [2.24, 2.45) is 0 Å². The van der Waals surface area contributed by atoms with E-state index in [0.29, 0.717) is 30.3 Å². The summed E-state index contributed by atoms with van der Waals surface area (Å²) in [5.74, 6) is 0.148. The number of benzene rings is 2. The molecule has 2 rings (SSSR count). The van der Waals surface area contributed by atoms with Crippen molar-refractivity contribution in [1.29, 1.82) is 0 Å². The second kappa shape index (κ2) is 8.50. The van der Waals surface area contributed by atoms with Crippen LogP contribution < -0.4 is 5.32 Å². The highest BCUT2D eigenvalue weighted by Gasteiger charge is 2.15. The van der Waals surface area contributed by atoms with Crippen LogP contribution in [0.15, 0.2) is 54.6 Å². The van der Waals surface area contributed by atoms with Crippen LogP contribution in [0.25, 0.3) is 0 Å². The summed E-state index contributed by atoms with van der Waals surface area (Å²) in [6.45, 7) is 3.71. The number of hydrogen-bond donors (Lipinski definition) is 3. The first-order chi connectivity index (χ1) is 11.1. The van der Waals surface area contributed by atoms with Crippen molar-refractivity contribution in [2.75, 3.05) is 13.1 Å². The lowest BCUT2D eigenvalue weighted by Gasteiger charge is -2.27. The Kier molecular flexibility index (Phi) is 6.38. The standard InChI is InChI=1S/C18H22N2O2S/c1-2-20(13-17(22)15-9-6-10-16(21)11-15)18(23)19-12-14-7-4-3-5-8-14/h3-11,17,21-22H,2,12-13H2,1H3,(H,19,23). The van der Waals surface area contributed by atoms with E-state index in [0.717, 1.165) is 5.56 Å². The topological polar surface area (TPSA) is 55.7 Å². The number of aliphatic hydroxyl groups excluding tert-OH is 1. The third-order valence-electron chi connectivity index (χ3n) is 3.60. The molecule has 1 unspecified atom stereocenters. The molecule has 1 atom stereocenters. The zero-order chi connectivity index (χ0) is 16.7. The Labute approximate surface area is 142 Å². The van der Waals surface area contributed by atoms with Crippen molar-refractivity contribution in [3.05, 3.63) is 65.7 Å². The van der Waals surface area contributed by atoms with Crippen molar-refractivity contribution >= 4 is 17.3 Å². The third-order valence-corrected chi connectivity index (χ3v) is 4.01. The highest BCUT2D eigenvalue weighted by Crippen LogP contribution is 2.19. The Hall–Kier alpha value is -2.11. The van der Waals surface area contributed by atoms with Gasteiger partial charge in [-0.1, -0.05) is 42.5 Å². The molecule has 23 heavy (non-hydrogen) atoms. The SMILES string of the molecule is CCN(CC(O)c1cccc(O)c1)C(=S)NCc1ccccc1. The minimum absolute atomic E-state index is 0.148. The lowest BCUT2D eigenvalue weighted by molar-refractivity contribution is 0.145. The van der Waals surface area contributed by atoms with Crippen LogP contribution in [-0.4, -0.2) is 33.3 Å². The van der Waals surface area contributed by atoms with Crippen LogP contribution in [0.4, 0.5) is 0 Å². The van der Waals surface area contributed by atoms with Crippen LogP contribution >= 0.6 is 12.2 Å². The van der Waals surface area contributed by atoms with Crippen LogP contribution in [0, 0.1) is 0 Å².